The van der Waals surface area contributed by atoms with Crippen molar-refractivity contribution in [2.45, 2.75) is 26.9 Å². The lowest BCUT2D eigenvalue weighted by atomic mass is 10.1. The number of hydrogen-bond acceptors (Lipinski definition) is 3. The molecule has 0 fully saturated rings. The molecule has 0 saturated carbocycles. The Morgan fingerprint density at radius 1 is 1.29 bits per heavy atom. The van der Waals surface area contributed by atoms with Crippen LogP contribution in [0.5, 0.6) is 0 Å². The fourth-order valence-electron chi connectivity index (χ4n) is 1.75. The Labute approximate surface area is 103 Å². The molecule has 0 bridgehead atoms. The molecule has 2 unspecified atom stereocenters. The van der Waals surface area contributed by atoms with Crippen LogP contribution in [0.4, 0.5) is 5.69 Å². The molecule has 2 atom stereocenters. The average molecular weight is 232 g/mol. The maximum atomic E-state index is 9.44. The first kappa shape index (κ1) is 13.5. The number of aliphatic hydroxyl groups is 1. The molecule has 0 aliphatic carbocycles. The second kappa shape index (κ2) is 6.27. The van der Waals surface area contributed by atoms with Gasteiger partial charge >= 0.3 is 0 Å². The standard InChI is InChI=1S/C14H20N2O/c1-4-16(10-11(2)9-15)14-7-5-13(6-8-14)12(3)17/h5-8,11-12,17H,4,10H2,1-3H3. The molecule has 1 aromatic carbocycles. The van der Waals surface area contributed by atoms with E-state index < -0.39 is 6.10 Å². The van der Waals surface area contributed by atoms with E-state index in [0.717, 1.165) is 24.3 Å². The molecule has 0 radical (unpaired) electrons. The van der Waals surface area contributed by atoms with E-state index >= 15 is 0 Å². The molecule has 0 aliphatic heterocycles. The zero-order valence-electron chi connectivity index (χ0n) is 10.7. The number of benzene rings is 1. The highest BCUT2D eigenvalue weighted by molar-refractivity contribution is 5.48. The third-order valence-electron chi connectivity index (χ3n) is 2.84. The minimum Gasteiger partial charge on any atom is -0.389 e. The van der Waals surface area contributed by atoms with Gasteiger partial charge in [-0.05, 0) is 38.5 Å². The van der Waals surface area contributed by atoms with Gasteiger partial charge in [0, 0.05) is 18.8 Å². The molecular formula is C14H20N2O. The van der Waals surface area contributed by atoms with Gasteiger partial charge in [0.1, 0.15) is 0 Å². The Balaban J connectivity index is 2.79. The summed E-state index contributed by atoms with van der Waals surface area (Å²) in [6.45, 7) is 7.37. The first-order chi connectivity index (χ1) is 8.08. The Hall–Kier alpha value is -1.53. The summed E-state index contributed by atoms with van der Waals surface area (Å²) >= 11 is 0. The van der Waals surface area contributed by atoms with Crippen LogP contribution in [0.3, 0.4) is 0 Å². The quantitative estimate of drug-likeness (QED) is 0.849. The zero-order valence-corrected chi connectivity index (χ0v) is 10.7. The molecule has 3 nitrogen and oxygen atoms in total. The van der Waals surface area contributed by atoms with Crippen LogP contribution in [0.15, 0.2) is 24.3 Å². The van der Waals surface area contributed by atoms with E-state index in [9.17, 15) is 5.11 Å². The first-order valence-corrected chi connectivity index (χ1v) is 6.01. The summed E-state index contributed by atoms with van der Waals surface area (Å²) in [5.41, 5.74) is 2.01. The summed E-state index contributed by atoms with van der Waals surface area (Å²) < 4.78 is 0. The van der Waals surface area contributed by atoms with Crippen LogP contribution in [0.1, 0.15) is 32.4 Å². The molecule has 17 heavy (non-hydrogen) atoms. The average Bonchev–Trinajstić information content (AvgIpc) is 2.35. The van der Waals surface area contributed by atoms with E-state index in [0.29, 0.717) is 0 Å². The van der Waals surface area contributed by atoms with Crippen molar-refractivity contribution in [2.24, 2.45) is 5.92 Å². The fourth-order valence-corrected chi connectivity index (χ4v) is 1.75. The molecule has 92 valence electrons. The van der Waals surface area contributed by atoms with Gasteiger partial charge in [0.15, 0.2) is 0 Å². The molecule has 0 heterocycles. The predicted octanol–water partition coefficient (Wildman–Crippen LogP) is 2.73. The van der Waals surface area contributed by atoms with Gasteiger partial charge in [0.2, 0.25) is 0 Å². The van der Waals surface area contributed by atoms with E-state index in [1.54, 1.807) is 6.92 Å². The van der Waals surface area contributed by atoms with E-state index in [-0.39, 0.29) is 5.92 Å². The molecule has 0 amide bonds. The van der Waals surface area contributed by atoms with Gasteiger partial charge in [-0.3, -0.25) is 0 Å². The summed E-state index contributed by atoms with van der Waals surface area (Å²) in [6, 6.07) is 10.1. The zero-order chi connectivity index (χ0) is 12.8. The number of anilines is 1. The van der Waals surface area contributed by atoms with E-state index in [4.69, 9.17) is 5.26 Å². The molecular weight excluding hydrogens is 212 g/mol. The van der Waals surface area contributed by atoms with Crippen molar-refractivity contribution >= 4 is 5.69 Å². The van der Waals surface area contributed by atoms with Crippen LogP contribution in [0.2, 0.25) is 0 Å². The second-order valence-electron chi connectivity index (χ2n) is 4.34. The number of hydrogen-bond donors (Lipinski definition) is 1. The summed E-state index contributed by atoms with van der Waals surface area (Å²) in [7, 11) is 0. The van der Waals surface area contributed by atoms with Crippen molar-refractivity contribution in [1.82, 2.24) is 0 Å². The van der Waals surface area contributed by atoms with Crippen molar-refractivity contribution in [2.75, 3.05) is 18.0 Å². The van der Waals surface area contributed by atoms with Gasteiger partial charge in [-0.1, -0.05) is 12.1 Å². The largest absolute Gasteiger partial charge is 0.389 e. The molecule has 0 spiro atoms. The van der Waals surface area contributed by atoms with Crippen LogP contribution >= 0.6 is 0 Å². The Morgan fingerprint density at radius 3 is 2.29 bits per heavy atom. The van der Waals surface area contributed by atoms with Crippen molar-refractivity contribution in [3.05, 3.63) is 29.8 Å². The van der Waals surface area contributed by atoms with Crippen LogP contribution < -0.4 is 4.90 Å². The lowest BCUT2D eigenvalue weighted by Crippen LogP contribution is -2.27. The Morgan fingerprint density at radius 2 is 1.88 bits per heavy atom. The predicted molar refractivity (Wildman–Crippen MR) is 69.7 cm³/mol. The Bertz CT molecular complexity index is 378. The van der Waals surface area contributed by atoms with Crippen molar-refractivity contribution < 1.29 is 5.11 Å². The van der Waals surface area contributed by atoms with Gasteiger partial charge < -0.3 is 10.0 Å². The van der Waals surface area contributed by atoms with E-state index in [2.05, 4.69) is 17.9 Å². The highest BCUT2D eigenvalue weighted by atomic mass is 16.3. The molecule has 3 heteroatoms. The van der Waals surface area contributed by atoms with Crippen molar-refractivity contribution in [3.63, 3.8) is 0 Å². The van der Waals surface area contributed by atoms with Gasteiger partial charge in [0.25, 0.3) is 0 Å². The molecule has 0 saturated heterocycles. The van der Waals surface area contributed by atoms with Crippen LogP contribution in [0.25, 0.3) is 0 Å². The van der Waals surface area contributed by atoms with Gasteiger partial charge in [0.05, 0.1) is 18.1 Å². The number of nitriles is 1. The number of nitrogens with zero attached hydrogens (tertiary/aromatic N) is 2. The lowest BCUT2D eigenvalue weighted by Gasteiger charge is -2.24. The fraction of sp³-hybridized carbons (Fsp3) is 0.500. The third kappa shape index (κ3) is 3.76. The van der Waals surface area contributed by atoms with E-state index in [1.807, 2.05) is 31.2 Å². The third-order valence-corrected chi connectivity index (χ3v) is 2.84. The lowest BCUT2D eigenvalue weighted by molar-refractivity contribution is 0.199. The maximum Gasteiger partial charge on any atom is 0.0761 e. The van der Waals surface area contributed by atoms with Crippen LogP contribution in [0, 0.1) is 17.2 Å². The molecule has 0 aromatic heterocycles. The topological polar surface area (TPSA) is 47.3 Å². The van der Waals surface area contributed by atoms with Gasteiger partial charge in [-0.15, -0.1) is 0 Å². The molecule has 1 aromatic rings. The normalized spacial score (nSPS) is 13.8. The first-order valence-electron chi connectivity index (χ1n) is 6.01. The van der Waals surface area contributed by atoms with Crippen molar-refractivity contribution in [1.29, 1.82) is 5.26 Å². The Kier molecular flexibility index (Phi) is 4.99. The minimum atomic E-state index is -0.433. The summed E-state index contributed by atoms with van der Waals surface area (Å²) in [6.07, 6.45) is -0.433. The van der Waals surface area contributed by atoms with E-state index in [1.165, 1.54) is 0 Å². The van der Waals surface area contributed by atoms with Crippen LogP contribution in [-0.2, 0) is 0 Å². The van der Waals surface area contributed by atoms with Gasteiger partial charge in [-0.2, -0.15) is 5.26 Å². The van der Waals surface area contributed by atoms with Gasteiger partial charge in [-0.25, -0.2) is 0 Å². The maximum absolute atomic E-state index is 9.44. The molecule has 1 N–H and O–H groups in total. The second-order valence-corrected chi connectivity index (χ2v) is 4.34. The van der Waals surface area contributed by atoms with Crippen LogP contribution in [-0.4, -0.2) is 18.2 Å². The summed E-state index contributed by atoms with van der Waals surface area (Å²) in [4.78, 5) is 2.17. The number of aliphatic hydroxyl groups excluding tert-OH is 1. The minimum absolute atomic E-state index is 0.0198. The molecule has 1 rings (SSSR count). The number of rotatable bonds is 5. The summed E-state index contributed by atoms with van der Waals surface area (Å²) in [5, 5.41) is 18.3. The smallest absolute Gasteiger partial charge is 0.0761 e. The summed E-state index contributed by atoms with van der Waals surface area (Å²) in [5.74, 6) is 0.0198. The monoisotopic (exact) mass is 232 g/mol. The van der Waals surface area contributed by atoms with Crippen molar-refractivity contribution in [3.8, 4) is 6.07 Å². The SMILES string of the molecule is CCN(CC(C)C#N)c1ccc(C(C)O)cc1. The highest BCUT2D eigenvalue weighted by Crippen LogP contribution is 2.19. The highest BCUT2D eigenvalue weighted by Gasteiger charge is 2.09. The molecule has 0 aliphatic rings.